The van der Waals surface area contributed by atoms with Crippen LogP contribution in [0, 0.1) is 0 Å². The molecule has 0 bridgehead atoms. The standard InChI is InChI=1S/C18H20N6O3/c1-4-5-13-15-11-9-12(16-20-22-23(2)21-16)14(27-3)8-10(11)6-7-24(15)17(19-13)18(25)26/h8-9H,4-7H2,1-3H3,(H,25,26). The predicted octanol–water partition coefficient (Wildman–Crippen LogP) is 1.96. The molecule has 0 saturated heterocycles. The van der Waals surface area contributed by atoms with Gasteiger partial charge in [0, 0.05) is 12.1 Å². The number of aromatic nitrogens is 6. The smallest absolute Gasteiger partial charge is 0.372 e. The number of rotatable bonds is 5. The quantitative estimate of drug-likeness (QED) is 0.733. The second-order valence-corrected chi connectivity index (χ2v) is 6.50. The molecule has 0 atom stereocenters. The Kier molecular flexibility index (Phi) is 4.14. The summed E-state index contributed by atoms with van der Waals surface area (Å²) in [5.74, 6) is 0.218. The van der Waals surface area contributed by atoms with E-state index in [1.807, 2.05) is 12.1 Å². The van der Waals surface area contributed by atoms with Crippen molar-refractivity contribution in [3.8, 4) is 28.4 Å². The van der Waals surface area contributed by atoms with Crippen LogP contribution in [0.5, 0.6) is 5.75 Å². The summed E-state index contributed by atoms with van der Waals surface area (Å²) in [5.41, 5.74) is 4.44. The number of methoxy groups -OCH3 is 1. The van der Waals surface area contributed by atoms with Gasteiger partial charge in [0.1, 0.15) is 5.75 Å². The molecule has 1 aliphatic rings. The first-order valence-corrected chi connectivity index (χ1v) is 8.81. The minimum absolute atomic E-state index is 0.0918. The van der Waals surface area contributed by atoms with E-state index in [-0.39, 0.29) is 5.82 Å². The van der Waals surface area contributed by atoms with Crippen LogP contribution in [0.1, 0.15) is 35.2 Å². The maximum atomic E-state index is 11.7. The number of fused-ring (bicyclic) bond motifs is 3. The predicted molar refractivity (Wildman–Crippen MR) is 96.7 cm³/mol. The Morgan fingerprint density at radius 1 is 1.33 bits per heavy atom. The number of hydrogen-bond donors (Lipinski definition) is 1. The summed E-state index contributed by atoms with van der Waals surface area (Å²) in [6.45, 7) is 2.63. The highest BCUT2D eigenvalue weighted by molar-refractivity contribution is 5.87. The van der Waals surface area contributed by atoms with Crippen LogP contribution in [-0.4, -0.2) is 47.9 Å². The number of ether oxygens (including phenoxy) is 1. The number of imidazole rings is 1. The fraction of sp³-hybridized carbons (Fsp3) is 0.389. The third-order valence-corrected chi connectivity index (χ3v) is 4.75. The van der Waals surface area contributed by atoms with Crippen LogP contribution >= 0.6 is 0 Å². The topological polar surface area (TPSA) is 108 Å². The van der Waals surface area contributed by atoms with Crippen molar-refractivity contribution in [1.82, 2.24) is 29.8 Å². The molecule has 0 radical (unpaired) electrons. The second-order valence-electron chi connectivity index (χ2n) is 6.50. The Hall–Kier alpha value is -3.23. The first kappa shape index (κ1) is 17.2. The molecule has 3 aromatic rings. The van der Waals surface area contributed by atoms with Crippen LogP contribution in [0.3, 0.4) is 0 Å². The van der Waals surface area contributed by atoms with E-state index < -0.39 is 5.97 Å². The van der Waals surface area contributed by atoms with Crippen molar-refractivity contribution < 1.29 is 14.6 Å². The SMILES string of the molecule is CCCc1nc(C(=O)O)n2c1-c1cc(-c3nnn(C)n3)c(OC)cc1CC2. The zero-order chi connectivity index (χ0) is 19.1. The van der Waals surface area contributed by atoms with Gasteiger partial charge in [-0.25, -0.2) is 9.78 Å². The average Bonchev–Trinajstić information content (AvgIpc) is 3.25. The molecule has 0 spiro atoms. The Morgan fingerprint density at radius 3 is 2.78 bits per heavy atom. The average molecular weight is 368 g/mol. The highest BCUT2D eigenvalue weighted by atomic mass is 16.5. The molecule has 0 amide bonds. The van der Waals surface area contributed by atoms with Crippen molar-refractivity contribution in [2.24, 2.45) is 7.05 Å². The molecule has 140 valence electrons. The van der Waals surface area contributed by atoms with Gasteiger partial charge in [-0.1, -0.05) is 13.3 Å². The molecule has 1 aromatic carbocycles. The first-order chi connectivity index (χ1) is 13.0. The van der Waals surface area contributed by atoms with E-state index in [1.165, 1.54) is 4.80 Å². The van der Waals surface area contributed by atoms with Crippen LogP contribution in [0.25, 0.3) is 22.6 Å². The normalized spacial score (nSPS) is 12.6. The first-order valence-electron chi connectivity index (χ1n) is 8.81. The number of tetrazole rings is 1. The molecule has 0 saturated carbocycles. The number of aromatic carboxylic acids is 1. The minimum Gasteiger partial charge on any atom is -0.496 e. The lowest BCUT2D eigenvalue weighted by Crippen LogP contribution is -2.16. The highest BCUT2D eigenvalue weighted by Gasteiger charge is 2.28. The monoisotopic (exact) mass is 368 g/mol. The van der Waals surface area contributed by atoms with Crippen LogP contribution < -0.4 is 4.74 Å². The largest absolute Gasteiger partial charge is 0.496 e. The van der Waals surface area contributed by atoms with Crippen LogP contribution in [0.4, 0.5) is 0 Å². The molecule has 0 aliphatic carbocycles. The fourth-order valence-corrected chi connectivity index (χ4v) is 3.61. The number of nitrogens with zero attached hydrogens (tertiary/aromatic N) is 6. The van der Waals surface area contributed by atoms with Crippen LogP contribution in [0.15, 0.2) is 12.1 Å². The van der Waals surface area contributed by atoms with Gasteiger partial charge in [0.05, 0.1) is 31.1 Å². The van der Waals surface area contributed by atoms with E-state index in [0.717, 1.165) is 34.5 Å². The van der Waals surface area contributed by atoms with Crippen molar-refractivity contribution >= 4 is 5.97 Å². The van der Waals surface area contributed by atoms with Crippen molar-refractivity contribution in [3.63, 3.8) is 0 Å². The second kappa shape index (κ2) is 6.49. The van der Waals surface area contributed by atoms with Crippen molar-refractivity contribution in [2.45, 2.75) is 32.7 Å². The molecule has 1 aliphatic heterocycles. The Labute approximate surface area is 155 Å². The number of carboxylic acids is 1. The molecule has 2 aromatic heterocycles. The van der Waals surface area contributed by atoms with Gasteiger partial charge in [-0.15, -0.1) is 10.2 Å². The molecule has 27 heavy (non-hydrogen) atoms. The van der Waals surface area contributed by atoms with Gasteiger partial charge in [-0.3, -0.25) is 0 Å². The number of carboxylic acid groups (broad SMARTS) is 1. The molecular formula is C18H20N6O3. The maximum Gasteiger partial charge on any atom is 0.372 e. The molecule has 0 fully saturated rings. The summed E-state index contributed by atoms with van der Waals surface area (Å²) < 4.78 is 7.35. The number of carbonyl (C=O) groups is 1. The molecule has 4 rings (SSSR count). The summed E-state index contributed by atoms with van der Waals surface area (Å²) in [4.78, 5) is 17.5. The van der Waals surface area contributed by atoms with Gasteiger partial charge in [-0.2, -0.15) is 4.80 Å². The molecule has 9 heteroatoms. The molecular weight excluding hydrogens is 348 g/mol. The van der Waals surface area contributed by atoms with E-state index in [1.54, 1.807) is 18.7 Å². The third kappa shape index (κ3) is 2.75. The van der Waals surface area contributed by atoms with Crippen molar-refractivity contribution in [2.75, 3.05) is 7.11 Å². The third-order valence-electron chi connectivity index (χ3n) is 4.75. The summed E-state index contributed by atoms with van der Waals surface area (Å²) >= 11 is 0. The molecule has 0 unspecified atom stereocenters. The van der Waals surface area contributed by atoms with Gasteiger partial charge in [0.2, 0.25) is 11.6 Å². The summed E-state index contributed by atoms with van der Waals surface area (Å²) in [6, 6.07) is 3.94. The molecule has 9 nitrogen and oxygen atoms in total. The van der Waals surface area contributed by atoms with E-state index in [0.29, 0.717) is 31.0 Å². The zero-order valence-electron chi connectivity index (χ0n) is 15.4. The van der Waals surface area contributed by atoms with Gasteiger partial charge in [0.25, 0.3) is 0 Å². The summed E-state index contributed by atoms with van der Waals surface area (Å²) in [5, 5.41) is 21.8. The van der Waals surface area contributed by atoms with Gasteiger partial charge in [0.15, 0.2) is 0 Å². The Bertz CT molecular complexity index is 1040. The number of aryl methyl sites for hydroxylation is 3. The Balaban J connectivity index is 1.96. The lowest BCUT2D eigenvalue weighted by molar-refractivity contribution is 0.0678. The van der Waals surface area contributed by atoms with Crippen molar-refractivity contribution in [3.05, 3.63) is 29.2 Å². The summed E-state index contributed by atoms with van der Waals surface area (Å²) in [7, 11) is 3.31. The van der Waals surface area contributed by atoms with Crippen LogP contribution in [-0.2, 0) is 26.4 Å². The van der Waals surface area contributed by atoms with E-state index in [9.17, 15) is 9.90 Å². The molecule has 1 N–H and O–H groups in total. The van der Waals surface area contributed by atoms with E-state index in [4.69, 9.17) is 4.74 Å². The Morgan fingerprint density at radius 2 is 2.15 bits per heavy atom. The van der Waals surface area contributed by atoms with Crippen LogP contribution in [0.2, 0.25) is 0 Å². The minimum atomic E-state index is -1.01. The van der Waals surface area contributed by atoms with E-state index >= 15 is 0 Å². The lowest BCUT2D eigenvalue weighted by Gasteiger charge is -2.22. The number of hydrogen-bond acceptors (Lipinski definition) is 6. The summed E-state index contributed by atoms with van der Waals surface area (Å²) in [6.07, 6.45) is 2.30. The highest BCUT2D eigenvalue weighted by Crippen LogP contribution is 2.40. The maximum absolute atomic E-state index is 11.7. The van der Waals surface area contributed by atoms with E-state index in [2.05, 4.69) is 27.3 Å². The van der Waals surface area contributed by atoms with Crippen molar-refractivity contribution in [1.29, 1.82) is 0 Å². The van der Waals surface area contributed by atoms with Gasteiger partial charge < -0.3 is 14.4 Å². The van der Waals surface area contributed by atoms with Gasteiger partial charge in [-0.05, 0) is 35.8 Å². The lowest BCUT2D eigenvalue weighted by atomic mass is 9.93. The van der Waals surface area contributed by atoms with Gasteiger partial charge >= 0.3 is 5.97 Å². The number of benzene rings is 1. The fourth-order valence-electron chi connectivity index (χ4n) is 3.61. The molecule has 3 heterocycles. The zero-order valence-corrected chi connectivity index (χ0v) is 15.4.